The molecule has 16 heavy (non-hydrogen) atoms. The summed E-state index contributed by atoms with van der Waals surface area (Å²) in [6.07, 6.45) is 0. The van der Waals surface area contributed by atoms with Gasteiger partial charge in [-0.3, -0.25) is 0 Å². The third-order valence-corrected chi connectivity index (χ3v) is 3.48. The van der Waals surface area contributed by atoms with Crippen LogP contribution in [0.1, 0.15) is 19.4 Å². The summed E-state index contributed by atoms with van der Waals surface area (Å²) in [7, 11) is 1.56. The maximum Gasteiger partial charge on any atom is 0.115 e. The van der Waals surface area contributed by atoms with Crippen LogP contribution in [0.15, 0.2) is 18.2 Å². The van der Waals surface area contributed by atoms with Gasteiger partial charge in [0.15, 0.2) is 0 Å². The zero-order valence-electron chi connectivity index (χ0n) is 9.63. The number of aliphatic hydroxyl groups is 1. The maximum absolute atomic E-state index is 10.5. The van der Waals surface area contributed by atoms with E-state index in [1.807, 2.05) is 13.8 Å². The first-order valence-electron chi connectivity index (χ1n) is 5.08. The molecule has 1 rings (SSSR count). The van der Waals surface area contributed by atoms with Crippen molar-refractivity contribution in [1.29, 1.82) is 0 Å². The summed E-state index contributed by atoms with van der Waals surface area (Å²) in [4.78, 5) is 0. The van der Waals surface area contributed by atoms with Gasteiger partial charge in [0.2, 0.25) is 0 Å². The highest BCUT2D eigenvalue weighted by Crippen LogP contribution is 2.33. The molecular formula is C12H16Cl2O2. The molecule has 0 amide bonds. The topological polar surface area (TPSA) is 29.5 Å². The second kappa shape index (κ2) is 5.37. The Bertz CT molecular complexity index is 366. The van der Waals surface area contributed by atoms with E-state index in [2.05, 4.69) is 0 Å². The van der Waals surface area contributed by atoms with Crippen LogP contribution in [0.4, 0.5) is 0 Å². The Labute approximate surface area is 106 Å². The van der Waals surface area contributed by atoms with Crippen LogP contribution in [0, 0.1) is 5.92 Å². The number of halogens is 2. The van der Waals surface area contributed by atoms with E-state index in [1.54, 1.807) is 25.3 Å². The average Bonchev–Trinajstić information content (AvgIpc) is 2.22. The minimum atomic E-state index is -1.04. The molecular weight excluding hydrogens is 247 g/mol. The fourth-order valence-electron chi connectivity index (χ4n) is 1.57. The van der Waals surface area contributed by atoms with Crippen molar-refractivity contribution in [1.82, 2.24) is 0 Å². The maximum atomic E-state index is 10.5. The minimum Gasteiger partial charge on any atom is -0.382 e. The van der Waals surface area contributed by atoms with Crippen LogP contribution in [-0.4, -0.2) is 18.8 Å². The molecule has 1 atom stereocenters. The number of hydrogen-bond donors (Lipinski definition) is 1. The SMILES string of the molecule is COCC(O)(c1ccc(Cl)c(Cl)c1)C(C)C. The number of hydrogen-bond acceptors (Lipinski definition) is 2. The standard InChI is InChI=1S/C12H16Cl2O2/c1-8(2)12(15,7-16-3)9-4-5-10(13)11(14)6-9/h4-6,8,15H,7H2,1-3H3. The minimum absolute atomic E-state index is 0.0182. The Balaban J connectivity index is 3.16. The fourth-order valence-corrected chi connectivity index (χ4v) is 1.87. The highest BCUT2D eigenvalue weighted by Gasteiger charge is 2.33. The number of ether oxygens (including phenoxy) is 1. The van der Waals surface area contributed by atoms with E-state index in [0.29, 0.717) is 10.0 Å². The third-order valence-electron chi connectivity index (χ3n) is 2.74. The van der Waals surface area contributed by atoms with E-state index in [0.717, 1.165) is 5.56 Å². The monoisotopic (exact) mass is 262 g/mol. The summed E-state index contributed by atoms with van der Waals surface area (Å²) in [5, 5.41) is 11.5. The zero-order valence-corrected chi connectivity index (χ0v) is 11.1. The molecule has 0 heterocycles. The molecule has 90 valence electrons. The molecule has 0 bridgehead atoms. The summed E-state index contributed by atoms with van der Waals surface area (Å²) in [5.41, 5.74) is -0.318. The first kappa shape index (κ1) is 13.8. The van der Waals surface area contributed by atoms with Crippen molar-refractivity contribution < 1.29 is 9.84 Å². The smallest absolute Gasteiger partial charge is 0.115 e. The molecule has 0 fully saturated rings. The van der Waals surface area contributed by atoms with E-state index in [1.165, 1.54) is 0 Å². The number of rotatable bonds is 4. The van der Waals surface area contributed by atoms with E-state index >= 15 is 0 Å². The van der Waals surface area contributed by atoms with E-state index < -0.39 is 5.60 Å². The van der Waals surface area contributed by atoms with E-state index in [9.17, 15) is 5.11 Å². The molecule has 0 aliphatic heterocycles. The van der Waals surface area contributed by atoms with Gasteiger partial charge in [0, 0.05) is 7.11 Å². The number of benzene rings is 1. The lowest BCUT2D eigenvalue weighted by Gasteiger charge is -2.32. The number of methoxy groups -OCH3 is 1. The highest BCUT2D eigenvalue weighted by atomic mass is 35.5. The lowest BCUT2D eigenvalue weighted by molar-refractivity contribution is -0.0700. The van der Waals surface area contributed by atoms with Crippen molar-refractivity contribution >= 4 is 23.2 Å². The molecule has 1 aromatic rings. The largest absolute Gasteiger partial charge is 0.382 e. The fraction of sp³-hybridized carbons (Fsp3) is 0.500. The molecule has 1 unspecified atom stereocenters. The molecule has 0 radical (unpaired) electrons. The second-order valence-corrected chi connectivity index (χ2v) is 4.96. The highest BCUT2D eigenvalue weighted by molar-refractivity contribution is 6.42. The van der Waals surface area contributed by atoms with Gasteiger partial charge in [0.25, 0.3) is 0 Å². The summed E-state index contributed by atoms with van der Waals surface area (Å²) in [6, 6.07) is 5.14. The lowest BCUT2D eigenvalue weighted by atomic mass is 9.84. The van der Waals surface area contributed by atoms with Gasteiger partial charge < -0.3 is 9.84 Å². The van der Waals surface area contributed by atoms with Gasteiger partial charge in [0.1, 0.15) is 5.60 Å². The third kappa shape index (κ3) is 2.69. The van der Waals surface area contributed by atoms with Gasteiger partial charge in [0.05, 0.1) is 16.7 Å². The zero-order chi connectivity index (χ0) is 12.3. The van der Waals surface area contributed by atoms with Crippen molar-refractivity contribution in [3.05, 3.63) is 33.8 Å². The Morgan fingerprint density at radius 1 is 1.31 bits per heavy atom. The van der Waals surface area contributed by atoms with Crippen LogP contribution in [0.2, 0.25) is 10.0 Å². The van der Waals surface area contributed by atoms with E-state index in [-0.39, 0.29) is 12.5 Å². The second-order valence-electron chi connectivity index (χ2n) is 4.14. The molecule has 4 heteroatoms. The van der Waals surface area contributed by atoms with Crippen molar-refractivity contribution in [3.63, 3.8) is 0 Å². The lowest BCUT2D eigenvalue weighted by Crippen LogP contribution is -2.36. The van der Waals surface area contributed by atoms with Gasteiger partial charge in [-0.15, -0.1) is 0 Å². The van der Waals surface area contributed by atoms with Crippen LogP contribution >= 0.6 is 23.2 Å². The van der Waals surface area contributed by atoms with Crippen LogP contribution < -0.4 is 0 Å². The Morgan fingerprint density at radius 2 is 1.94 bits per heavy atom. The van der Waals surface area contributed by atoms with Crippen LogP contribution in [0.5, 0.6) is 0 Å². The van der Waals surface area contributed by atoms with Crippen LogP contribution in [-0.2, 0) is 10.3 Å². The molecule has 2 nitrogen and oxygen atoms in total. The van der Waals surface area contributed by atoms with E-state index in [4.69, 9.17) is 27.9 Å². The predicted octanol–water partition coefficient (Wildman–Crippen LogP) is 3.48. The summed E-state index contributed by atoms with van der Waals surface area (Å²) in [5.74, 6) is 0.0182. The molecule has 0 aromatic heterocycles. The van der Waals surface area contributed by atoms with Crippen molar-refractivity contribution in [3.8, 4) is 0 Å². The predicted molar refractivity (Wildman–Crippen MR) is 67.1 cm³/mol. The molecule has 1 aromatic carbocycles. The quantitative estimate of drug-likeness (QED) is 0.901. The van der Waals surface area contributed by atoms with Gasteiger partial charge >= 0.3 is 0 Å². The van der Waals surface area contributed by atoms with Crippen molar-refractivity contribution in [2.45, 2.75) is 19.4 Å². The first-order chi connectivity index (χ1) is 7.41. The molecule has 0 saturated carbocycles. The Hall–Kier alpha value is -0.280. The summed E-state index contributed by atoms with van der Waals surface area (Å²) in [6.45, 7) is 4.09. The van der Waals surface area contributed by atoms with Gasteiger partial charge in [-0.05, 0) is 23.6 Å². The Kier molecular flexibility index (Phi) is 4.62. The summed E-state index contributed by atoms with van der Waals surface area (Å²) < 4.78 is 5.07. The normalized spacial score (nSPS) is 15.2. The molecule has 0 spiro atoms. The van der Waals surface area contributed by atoms with Crippen molar-refractivity contribution in [2.75, 3.05) is 13.7 Å². The van der Waals surface area contributed by atoms with Crippen LogP contribution in [0.3, 0.4) is 0 Å². The Morgan fingerprint density at radius 3 is 2.38 bits per heavy atom. The first-order valence-corrected chi connectivity index (χ1v) is 5.84. The van der Waals surface area contributed by atoms with Crippen molar-refractivity contribution in [2.24, 2.45) is 5.92 Å². The van der Waals surface area contributed by atoms with Gasteiger partial charge in [-0.25, -0.2) is 0 Å². The molecule has 0 saturated heterocycles. The molecule has 0 aliphatic carbocycles. The van der Waals surface area contributed by atoms with Crippen LogP contribution in [0.25, 0.3) is 0 Å². The molecule has 1 N–H and O–H groups in total. The average molecular weight is 263 g/mol. The molecule has 0 aliphatic rings. The summed E-state index contributed by atoms with van der Waals surface area (Å²) >= 11 is 11.8. The van der Waals surface area contributed by atoms with Gasteiger partial charge in [-0.2, -0.15) is 0 Å². The van der Waals surface area contributed by atoms with Gasteiger partial charge in [-0.1, -0.05) is 43.1 Å².